The summed E-state index contributed by atoms with van der Waals surface area (Å²) >= 11 is 0. The molecule has 0 atom stereocenters. The van der Waals surface area contributed by atoms with Crippen molar-refractivity contribution in [2.45, 2.75) is 13.8 Å². The normalized spacial score (nSPS) is 10.1. The van der Waals surface area contributed by atoms with Crippen molar-refractivity contribution in [2.75, 3.05) is 12.0 Å². The van der Waals surface area contributed by atoms with Crippen LogP contribution in [0.4, 0.5) is 4.79 Å². The number of hydrogen-bond donors (Lipinski definition) is 1. The van der Waals surface area contributed by atoms with Crippen LogP contribution in [0.25, 0.3) is 11.4 Å². The molecule has 0 fully saturated rings. The molecule has 0 aliphatic heterocycles. The first-order valence-electron chi connectivity index (χ1n) is 5.75. The first-order valence-corrected chi connectivity index (χ1v) is 5.75. The molecule has 1 heterocycles. The summed E-state index contributed by atoms with van der Waals surface area (Å²) in [7, 11) is 0. The maximum atomic E-state index is 11.4. The number of imidazole rings is 1. The van der Waals surface area contributed by atoms with Crippen LogP contribution >= 0.6 is 0 Å². The van der Waals surface area contributed by atoms with Gasteiger partial charge in [0.1, 0.15) is 0 Å². The zero-order valence-electron chi connectivity index (χ0n) is 10.4. The molecule has 1 N–H and O–H groups in total. The zero-order valence-corrected chi connectivity index (χ0v) is 10.4. The van der Waals surface area contributed by atoms with Crippen LogP contribution in [0, 0.1) is 6.92 Å². The van der Waals surface area contributed by atoms with Crippen molar-refractivity contribution in [3.63, 3.8) is 0 Å². The summed E-state index contributed by atoms with van der Waals surface area (Å²) in [5, 5.41) is 0. The SMILES string of the molecule is CCOC(=O)Nn1ccnc1-c1ccccc1C. The number of aromatic nitrogens is 2. The van der Waals surface area contributed by atoms with E-state index in [0.29, 0.717) is 12.4 Å². The molecule has 0 radical (unpaired) electrons. The highest BCUT2D eigenvalue weighted by atomic mass is 16.5. The zero-order chi connectivity index (χ0) is 13.0. The summed E-state index contributed by atoms with van der Waals surface area (Å²) in [6.45, 7) is 4.09. The molecule has 0 aliphatic rings. The van der Waals surface area contributed by atoms with Crippen molar-refractivity contribution in [1.82, 2.24) is 9.66 Å². The minimum Gasteiger partial charge on any atom is -0.449 e. The lowest BCUT2D eigenvalue weighted by Gasteiger charge is -2.10. The summed E-state index contributed by atoms with van der Waals surface area (Å²) in [4.78, 5) is 15.7. The topological polar surface area (TPSA) is 56.1 Å². The Morgan fingerprint density at radius 3 is 2.94 bits per heavy atom. The van der Waals surface area contributed by atoms with Gasteiger partial charge in [-0.3, -0.25) is 0 Å². The minimum absolute atomic E-state index is 0.334. The number of benzene rings is 1. The summed E-state index contributed by atoms with van der Waals surface area (Å²) in [6.07, 6.45) is 2.82. The van der Waals surface area contributed by atoms with Crippen LogP contribution in [0.2, 0.25) is 0 Å². The second kappa shape index (κ2) is 5.35. The fraction of sp³-hybridized carbons (Fsp3) is 0.231. The van der Waals surface area contributed by atoms with Gasteiger partial charge < -0.3 is 4.74 Å². The van der Waals surface area contributed by atoms with Gasteiger partial charge in [0.15, 0.2) is 5.82 Å². The molecule has 0 aliphatic carbocycles. The van der Waals surface area contributed by atoms with Crippen LogP contribution < -0.4 is 5.43 Å². The molecule has 5 nitrogen and oxygen atoms in total. The van der Waals surface area contributed by atoms with Crippen LogP contribution in [0.1, 0.15) is 12.5 Å². The number of ether oxygens (including phenoxy) is 1. The van der Waals surface area contributed by atoms with E-state index in [2.05, 4.69) is 10.4 Å². The predicted octanol–water partition coefficient (Wildman–Crippen LogP) is 2.56. The highest BCUT2D eigenvalue weighted by Gasteiger charge is 2.10. The Hall–Kier alpha value is -2.30. The van der Waals surface area contributed by atoms with E-state index in [1.165, 1.54) is 0 Å². The molecule has 0 spiro atoms. The van der Waals surface area contributed by atoms with E-state index in [1.807, 2.05) is 31.2 Å². The van der Waals surface area contributed by atoms with Gasteiger partial charge in [0.25, 0.3) is 0 Å². The van der Waals surface area contributed by atoms with Crippen LogP contribution in [0.5, 0.6) is 0 Å². The number of nitrogens with one attached hydrogen (secondary N) is 1. The van der Waals surface area contributed by atoms with Gasteiger partial charge in [0.05, 0.1) is 6.61 Å². The van der Waals surface area contributed by atoms with Crippen LogP contribution in [0.15, 0.2) is 36.7 Å². The Morgan fingerprint density at radius 1 is 1.44 bits per heavy atom. The first-order chi connectivity index (χ1) is 8.72. The monoisotopic (exact) mass is 245 g/mol. The summed E-state index contributed by atoms with van der Waals surface area (Å²) in [6, 6.07) is 7.86. The molecule has 0 unspecified atom stereocenters. The fourth-order valence-corrected chi connectivity index (χ4v) is 1.68. The largest absolute Gasteiger partial charge is 0.449 e. The van der Waals surface area contributed by atoms with Gasteiger partial charge in [-0.05, 0) is 19.4 Å². The molecule has 1 aromatic heterocycles. The molecule has 5 heteroatoms. The number of hydrogen-bond acceptors (Lipinski definition) is 3. The lowest BCUT2D eigenvalue weighted by atomic mass is 10.1. The number of carbonyl (C=O) groups excluding carboxylic acids is 1. The van der Waals surface area contributed by atoms with Crippen molar-refractivity contribution < 1.29 is 9.53 Å². The highest BCUT2D eigenvalue weighted by Crippen LogP contribution is 2.20. The number of rotatable bonds is 3. The Kier molecular flexibility index (Phi) is 3.62. The van der Waals surface area contributed by atoms with Crippen LogP contribution in [0.3, 0.4) is 0 Å². The smallest absolute Gasteiger partial charge is 0.426 e. The standard InChI is InChI=1S/C13H15N3O2/c1-3-18-13(17)15-16-9-8-14-12(16)11-7-5-4-6-10(11)2/h4-9H,3H2,1-2H3,(H,15,17). The predicted molar refractivity (Wildman–Crippen MR) is 68.8 cm³/mol. The Balaban J connectivity index is 2.28. The van der Waals surface area contributed by atoms with E-state index in [1.54, 1.807) is 24.0 Å². The van der Waals surface area contributed by atoms with Gasteiger partial charge in [0.2, 0.25) is 0 Å². The lowest BCUT2D eigenvalue weighted by molar-refractivity contribution is 0.164. The Bertz CT molecular complexity index is 549. The van der Waals surface area contributed by atoms with Crippen molar-refractivity contribution in [2.24, 2.45) is 0 Å². The maximum Gasteiger partial charge on any atom is 0.426 e. The van der Waals surface area contributed by atoms with Gasteiger partial charge in [-0.15, -0.1) is 0 Å². The quantitative estimate of drug-likeness (QED) is 0.904. The summed E-state index contributed by atoms with van der Waals surface area (Å²) < 4.78 is 6.39. The molecule has 0 saturated carbocycles. The van der Waals surface area contributed by atoms with Gasteiger partial charge in [-0.1, -0.05) is 24.3 Å². The molecular weight excluding hydrogens is 230 g/mol. The average Bonchev–Trinajstić information content (AvgIpc) is 2.78. The number of carbonyl (C=O) groups is 1. The molecular formula is C13H15N3O2. The average molecular weight is 245 g/mol. The van der Waals surface area contributed by atoms with Crippen molar-refractivity contribution in [1.29, 1.82) is 0 Å². The second-order valence-electron chi connectivity index (χ2n) is 3.77. The molecule has 94 valence electrons. The summed E-state index contributed by atoms with van der Waals surface area (Å²) in [5.74, 6) is 0.682. The van der Waals surface area contributed by atoms with Gasteiger partial charge >= 0.3 is 6.09 Å². The summed E-state index contributed by atoms with van der Waals surface area (Å²) in [5.41, 5.74) is 4.67. The Labute approximate surface area is 105 Å². The van der Waals surface area contributed by atoms with E-state index in [4.69, 9.17) is 4.74 Å². The molecule has 1 amide bonds. The van der Waals surface area contributed by atoms with Crippen LogP contribution in [-0.2, 0) is 4.74 Å². The van der Waals surface area contributed by atoms with E-state index < -0.39 is 6.09 Å². The molecule has 18 heavy (non-hydrogen) atoms. The van der Waals surface area contributed by atoms with E-state index in [-0.39, 0.29) is 0 Å². The molecule has 0 bridgehead atoms. The second-order valence-corrected chi connectivity index (χ2v) is 3.77. The van der Waals surface area contributed by atoms with Gasteiger partial charge in [-0.2, -0.15) is 0 Å². The van der Waals surface area contributed by atoms with Crippen molar-refractivity contribution in [3.8, 4) is 11.4 Å². The van der Waals surface area contributed by atoms with Crippen molar-refractivity contribution in [3.05, 3.63) is 42.2 Å². The maximum absolute atomic E-state index is 11.4. The molecule has 0 saturated heterocycles. The third-order valence-electron chi connectivity index (χ3n) is 2.51. The van der Waals surface area contributed by atoms with E-state index in [0.717, 1.165) is 11.1 Å². The van der Waals surface area contributed by atoms with E-state index >= 15 is 0 Å². The van der Waals surface area contributed by atoms with Gasteiger partial charge in [0, 0.05) is 18.0 Å². The third-order valence-corrected chi connectivity index (χ3v) is 2.51. The Morgan fingerprint density at radius 2 is 2.22 bits per heavy atom. The number of amides is 1. The molecule has 2 aromatic rings. The van der Waals surface area contributed by atoms with Crippen LogP contribution in [-0.4, -0.2) is 22.4 Å². The lowest BCUT2D eigenvalue weighted by Crippen LogP contribution is -2.23. The van der Waals surface area contributed by atoms with Crippen molar-refractivity contribution >= 4 is 6.09 Å². The fourth-order valence-electron chi connectivity index (χ4n) is 1.68. The molecule has 1 aromatic carbocycles. The highest BCUT2D eigenvalue weighted by molar-refractivity contribution is 5.77. The molecule has 2 rings (SSSR count). The number of nitrogens with zero attached hydrogens (tertiary/aromatic N) is 2. The number of aryl methyl sites for hydroxylation is 1. The first kappa shape index (κ1) is 12.2. The van der Waals surface area contributed by atoms with Gasteiger partial charge in [-0.25, -0.2) is 19.9 Å². The third kappa shape index (κ3) is 2.51. The minimum atomic E-state index is -0.495. The van der Waals surface area contributed by atoms with E-state index in [9.17, 15) is 4.79 Å².